The van der Waals surface area contributed by atoms with Crippen LogP contribution in [-0.4, -0.2) is 46.4 Å². The van der Waals surface area contributed by atoms with Crippen LogP contribution in [0.5, 0.6) is 11.5 Å². The second-order valence-corrected chi connectivity index (χ2v) is 8.09. The lowest BCUT2D eigenvalue weighted by atomic mass is 10.1. The van der Waals surface area contributed by atoms with Crippen molar-refractivity contribution in [2.45, 2.75) is 18.7 Å². The Bertz CT molecular complexity index is 941. The number of carbonyl (C=O) groups is 1. The quantitative estimate of drug-likeness (QED) is 0.783. The molecule has 0 saturated heterocycles. The number of benzene rings is 2. The van der Waals surface area contributed by atoms with E-state index < -0.39 is 15.9 Å². The number of amides is 1. The third kappa shape index (κ3) is 4.58. The van der Waals surface area contributed by atoms with Gasteiger partial charge in [-0.3, -0.25) is 4.79 Å². The first-order valence-electron chi connectivity index (χ1n) is 8.25. The average Bonchev–Trinajstić information content (AvgIpc) is 2.64. The highest BCUT2D eigenvalue weighted by molar-refractivity contribution is 7.89. The minimum absolute atomic E-state index is 0.0635. The first-order valence-corrected chi connectivity index (χ1v) is 9.69. The van der Waals surface area contributed by atoms with Crippen LogP contribution < -0.4 is 14.8 Å². The molecule has 27 heavy (non-hydrogen) atoms. The Morgan fingerprint density at radius 2 is 1.81 bits per heavy atom. The first-order chi connectivity index (χ1) is 12.7. The van der Waals surface area contributed by atoms with Crippen LogP contribution in [0.4, 0.5) is 5.69 Å². The molecule has 0 aromatic heterocycles. The fraction of sp³-hybridized carbons (Fsp3) is 0.316. The monoisotopic (exact) mass is 392 g/mol. The molecule has 2 aromatic carbocycles. The molecule has 0 spiro atoms. The predicted octanol–water partition coefficient (Wildman–Crippen LogP) is 2.58. The maximum atomic E-state index is 12.9. The van der Waals surface area contributed by atoms with Gasteiger partial charge in [-0.15, -0.1) is 0 Å². The molecular formula is C19H24N2O5S. The molecule has 0 atom stereocenters. The average molecular weight is 392 g/mol. The fourth-order valence-electron chi connectivity index (χ4n) is 2.52. The summed E-state index contributed by atoms with van der Waals surface area (Å²) in [6, 6.07) is 10.0. The van der Waals surface area contributed by atoms with Gasteiger partial charge in [0.15, 0.2) is 0 Å². The molecule has 0 radical (unpaired) electrons. The van der Waals surface area contributed by atoms with E-state index in [0.29, 0.717) is 11.4 Å². The van der Waals surface area contributed by atoms with Crippen LogP contribution in [0.15, 0.2) is 41.3 Å². The minimum Gasteiger partial charge on any atom is -0.497 e. The van der Waals surface area contributed by atoms with Crippen LogP contribution in [0.3, 0.4) is 0 Å². The molecule has 0 saturated carbocycles. The van der Waals surface area contributed by atoms with Crippen molar-refractivity contribution in [3.05, 3.63) is 47.5 Å². The summed E-state index contributed by atoms with van der Waals surface area (Å²) in [4.78, 5) is 12.3. The van der Waals surface area contributed by atoms with Crippen LogP contribution in [-0.2, 0) is 14.8 Å². The van der Waals surface area contributed by atoms with Gasteiger partial charge < -0.3 is 14.8 Å². The second kappa shape index (κ2) is 8.41. The Labute approximate surface area is 160 Å². The maximum Gasteiger partial charge on any atom is 0.247 e. The summed E-state index contributed by atoms with van der Waals surface area (Å²) in [5.41, 5.74) is 2.63. The van der Waals surface area contributed by atoms with Gasteiger partial charge in [0.2, 0.25) is 15.9 Å². The number of aryl methyl sites for hydroxylation is 1. The Hall–Kier alpha value is -2.58. The van der Waals surface area contributed by atoms with E-state index in [-0.39, 0.29) is 17.2 Å². The molecule has 0 unspecified atom stereocenters. The molecule has 7 nitrogen and oxygen atoms in total. The molecule has 0 bridgehead atoms. The van der Waals surface area contributed by atoms with Crippen molar-refractivity contribution in [1.82, 2.24) is 4.31 Å². The van der Waals surface area contributed by atoms with Gasteiger partial charge in [0.25, 0.3) is 0 Å². The summed E-state index contributed by atoms with van der Waals surface area (Å²) in [5.74, 6) is 0.122. The van der Waals surface area contributed by atoms with Gasteiger partial charge in [0.1, 0.15) is 16.4 Å². The van der Waals surface area contributed by atoms with Crippen molar-refractivity contribution >= 4 is 21.6 Å². The standard InChI is InChI=1S/C19H24N2O5S/c1-13-7-6-8-16(14(13)2)20-19(22)12-21(3)27(23,24)18-11-15(25-4)9-10-17(18)26-5/h6-11H,12H2,1-5H3,(H,20,22). The van der Waals surface area contributed by atoms with E-state index in [9.17, 15) is 13.2 Å². The first kappa shape index (κ1) is 20.7. The third-order valence-electron chi connectivity index (χ3n) is 4.30. The zero-order chi connectivity index (χ0) is 20.2. The normalized spacial score (nSPS) is 11.3. The molecule has 0 heterocycles. The summed E-state index contributed by atoms with van der Waals surface area (Å²) >= 11 is 0. The maximum absolute atomic E-state index is 12.9. The van der Waals surface area contributed by atoms with Crippen molar-refractivity contribution in [3.8, 4) is 11.5 Å². The molecule has 1 amide bonds. The number of anilines is 1. The molecule has 2 rings (SSSR count). The van der Waals surface area contributed by atoms with Crippen molar-refractivity contribution in [2.75, 3.05) is 33.1 Å². The highest BCUT2D eigenvalue weighted by atomic mass is 32.2. The SMILES string of the molecule is COc1ccc(OC)c(S(=O)(=O)N(C)CC(=O)Nc2cccc(C)c2C)c1. The number of nitrogens with zero attached hydrogens (tertiary/aromatic N) is 1. The number of ether oxygens (including phenoxy) is 2. The van der Waals surface area contributed by atoms with Gasteiger partial charge in [0, 0.05) is 18.8 Å². The highest BCUT2D eigenvalue weighted by Gasteiger charge is 2.27. The van der Waals surface area contributed by atoms with E-state index in [1.54, 1.807) is 12.1 Å². The Kier molecular flexibility index (Phi) is 6.45. The van der Waals surface area contributed by atoms with E-state index in [1.807, 2.05) is 26.0 Å². The number of hydrogen-bond donors (Lipinski definition) is 1. The molecule has 2 aromatic rings. The predicted molar refractivity (Wildman–Crippen MR) is 104 cm³/mol. The number of methoxy groups -OCH3 is 2. The highest BCUT2D eigenvalue weighted by Crippen LogP contribution is 2.30. The minimum atomic E-state index is -3.95. The van der Waals surface area contributed by atoms with Crippen LogP contribution in [0.1, 0.15) is 11.1 Å². The summed E-state index contributed by atoms with van der Waals surface area (Å²) in [6.07, 6.45) is 0. The smallest absolute Gasteiger partial charge is 0.247 e. The zero-order valence-corrected chi connectivity index (χ0v) is 16.9. The number of sulfonamides is 1. The van der Waals surface area contributed by atoms with Gasteiger partial charge in [-0.25, -0.2) is 8.42 Å². The molecule has 0 fully saturated rings. The van der Waals surface area contributed by atoms with Crippen molar-refractivity contribution in [3.63, 3.8) is 0 Å². The van der Waals surface area contributed by atoms with Crippen LogP contribution in [0, 0.1) is 13.8 Å². The summed E-state index contributed by atoms with van der Waals surface area (Å²) in [7, 11) is 0.219. The summed E-state index contributed by atoms with van der Waals surface area (Å²) < 4.78 is 37.0. The van der Waals surface area contributed by atoms with E-state index in [1.165, 1.54) is 33.4 Å². The Morgan fingerprint density at radius 1 is 1.11 bits per heavy atom. The second-order valence-electron chi connectivity index (χ2n) is 6.07. The molecule has 1 N–H and O–H groups in total. The Morgan fingerprint density at radius 3 is 2.44 bits per heavy atom. The fourth-order valence-corrected chi connectivity index (χ4v) is 3.81. The largest absolute Gasteiger partial charge is 0.497 e. The lowest BCUT2D eigenvalue weighted by Crippen LogP contribution is -2.35. The van der Waals surface area contributed by atoms with Crippen LogP contribution in [0.2, 0.25) is 0 Å². The van der Waals surface area contributed by atoms with E-state index in [2.05, 4.69) is 5.32 Å². The van der Waals surface area contributed by atoms with Crippen LogP contribution in [0.25, 0.3) is 0 Å². The number of nitrogens with one attached hydrogen (secondary N) is 1. The Balaban J connectivity index is 2.22. The number of likely N-dealkylation sites (N-methyl/N-ethyl adjacent to an activating group) is 1. The summed E-state index contributed by atoms with van der Waals surface area (Å²) in [5, 5.41) is 2.76. The van der Waals surface area contributed by atoms with E-state index in [4.69, 9.17) is 9.47 Å². The lowest BCUT2D eigenvalue weighted by Gasteiger charge is -2.19. The van der Waals surface area contributed by atoms with Gasteiger partial charge in [-0.2, -0.15) is 4.31 Å². The van der Waals surface area contributed by atoms with Gasteiger partial charge in [0.05, 0.1) is 20.8 Å². The van der Waals surface area contributed by atoms with Gasteiger partial charge in [-0.05, 0) is 43.2 Å². The number of carbonyl (C=O) groups excluding carboxylic acids is 1. The topological polar surface area (TPSA) is 84.9 Å². The van der Waals surface area contributed by atoms with E-state index >= 15 is 0 Å². The molecule has 146 valence electrons. The molecule has 0 aliphatic heterocycles. The molecule has 0 aliphatic carbocycles. The van der Waals surface area contributed by atoms with Crippen molar-refractivity contribution in [2.24, 2.45) is 0 Å². The summed E-state index contributed by atoms with van der Waals surface area (Å²) in [6.45, 7) is 3.50. The van der Waals surface area contributed by atoms with Crippen molar-refractivity contribution in [1.29, 1.82) is 0 Å². The van der Waals surface area contributed by atoms with Crippen LogP contribution >= 0.6 is 0 Å². The molecular weight excluding hydrogens is 368 g/mol. The number of hydrogen-bond acceptors (Lipinski definition) is 5. The molecule has 8 heteroatoms. The molecule has 0 aliphatic rings. The zero-order valence-electron chi connectivity index (χ0n) is 16.1. The van der Waals surface area contributed by atoms with E-state index in [0.717, 1.165) is 15.4 Å². The third-order valence-corrected chi connectivity index (χ3v) is 6.13. The van der Waals surface area contributed by atoms with Gasteiger partial charge >= 0.3 is 0 Å². The lowest BCUT2D eigenvalue weighted by molar-refractivity contribution is -0.116. The van der Waals surface area contributed by atoms with Crippen molar-refractivity contribution < 1.29 is 22.7 Å². The van der Waals surface area contributed by atoms with Gasteiger partial charge in [-0.1, -0.05) is 12.1 Å². The number of rotatable bonds is 7.